The van der Waals surface area contributed by atoms with E-state index in [1.165, 1.54) is 5.23 Å². The van der Waals surface area contributed by atoms with Gasteiger partial charge in [0, 0.05) is 12.1 Å². The van der Waals surface area contributed by atoms with Crippen LogP contribution in [0.5, 0.6) is 0 Å². The van der Waals surface area contributed by atoms with Crippen LogP contribution in [-0.2, 0) is 9.68 Å². The predicted octanol–water partition coefficient (Wildman–Crippen LogP) is 1.58. The molecule has 0 spiro atoms. The highest BCUT2D eigenvalue weighted by Crippen LogP contribution is 2.11. The Labute approximate surface area is 66.1 Å². The van der Waals surface area contributed by atoms with Crippen LogP contribution < -0.4 is 5.23 Å². The molecule has 11 heavy (non-hydrogen) atoms. The van der Waals surface area contributed by atoms with Crippen LogP contribution >= 0.6 is 0 Å². The van der Waals surface area contributed by atoms with Crippen LogP contribution in [0.25, 0.3) is 0 Å². The first-order valence-corrected chi connectivity index (χ1v) is 3.32. The molecule has 0 saturated heterocycles. The normalized spacial score (nSPS) is 10.5. The van der Waals surface area contributed by atoms with Gasteiger partial charge in [0.2, 0.25) is 5.23 Å². The van der Waals surface area contributed by atoms with Gasteiger partial charge in [-0.3, -0.25) is 0 Å². The minimum Gasteiger partial charge on any atom is -0.108 e. The molecule has 0 bridgehead atoms. The van der Waals surface area contributed by atoms with Crippen LogP contribution in [0.2, 0.25) is 0 Å². The molecular formula is C8H11NO2+. The van der Waals surface area contributed by atoms with E-state index in [0.29, 0.717) is 0 Å². The van der Waals surface area contributed by atoms with E-state index in [2.05, 4.69) is 0 Å². The molecule has 0 aliphatic heterocycles. The molecule has 0 saturated carbocycles. The third kappa shape index (κ3) is 2.01. The van der Waals surface area contributed by atoms with Gasteiger partial charge in [-0.25, -0.2) is 0 Å². The van der Waals surface area contributed by atoms with Gasteiger partial charge in [-0.2, -0.15) is 0 Å². The minimum atomic E-state index is 0.873. The van der Waals surface area contributed by atoms with E-state index in [9.17, 15) is 0 Å². The maximum atomic E-state index is 4.90. The third-order valence-corrected chi connectivity index (χ3v) is 1.30. The number of nitrogens with zero attached hydrogens (tertiary/aromatic N) is 1. The molecule has 3 heteroatoms. The lowest BCUT2D eigenvalue weighted by molar-refractivity contribution is -0.210. The van der Waals surface area contributed by atoms with E-state index in [1.807, 2.05) is 30.3 Å². The van der Waals surface area contributed by atoms with E-state index in [1.54, 1.807) is 14.2 Å². The van der Waals surface area contributed by atoms with Crippen molar-refractivity contribution >= 4 is 5.69 Å². The van der Waals surface area contributed by atoms with Crippen molar-refractivity contribution in [3.8, 4) is 0 Å². The van der Waals surface area contributed by atoms with Crippen LogP contribution in [0.3, 0.4) is 0 Å². The molecule has 0 heterocycles. The lowest BCUT2D eigenvalue weighted by Crippen LogP contribution is -2.20. The van der Waals surface area contributed by atoms with Crippen molar-refractivity contribution in [2.45, 2.75) is 0 Å². The van der Waals surface area contributed by atoms with Gasteiger partial charge in [0.25, 0.3) is 5.69 Å². The highest BCUT2D eigenvalue weighted by atomic mass is 16.9. The van der Waals surface area contributed by atoms with E-state index in [4.69, 9.17) is 9.68 Å². The standard InChI is InChI=1S/C8H11NO2/c1-10-9(11-2)8-6-4-3-5-7-8/h3-7H,1-2H3/q+1. The first-order chi connectivity index (χ1) is 5.38. The molecule has 0 aliphatic carbocycles. The summed E-state index contributed by atoms with van der Waals surface area (Å²) in [5.74, 6) is 0. The molecular weight excluding hydrogens is 142 g/mol. The van der Waals surface area contributed by atoms with E-state index in [0.717, 1.165) is 5.69 Å². The molecule has 0 aromatic heterocycles. The summed E-state index contributed by atoms with van der Waals surface area (Å²) in [6, 6.07) is 9.56. The van der Waals surface area contributed by atoms with Crippen molar-refractivity contribution < 1.29 is 9.68 Å². The van der Waals surface area contributed by atoms with Crippen molar-refractivity contribution in [1.29, 1.82) is 0 Å². The fourth-order valence-corrected chi connectivity index (χ4v) is 0.835. The van der Waals surface area contributed by atoms with E-state index < -0.39 is 0 Å². The molecule has 3 nitrogen and oxygen atoms in total. The zero-order valence-electron chi connectivity index (χ0n) is 6.65. The lowest BCUT2D eigenvalue weighted by atomic mass is 10.3. The van der Waals surface area contributed by atoms with Crippen molar-refractivity contribution in [2.24, 2.45) is 0 Å². The van der Waals surface area contributed by atoms with Gasteiger partial charge < -0.3 is 0 Å². The first-order valence-electron chi connectivity index (χ1n) is 3.32. The summed E-state index contributed by atoms with van der Waals surface area (Å²) in [4.78, 5) is 9.79. The number of para-hydroxylation sites is 1. The molecule has 1 radical (unpaired) electrons. The Morgan fingerprint density at radius 2 is 1.55 bits per heavy atom. The Hall–Kier alpha value is -0.900. The Morgan fingerprint density at radius 1 is 1.00 bits per heavy atom. The fourth-order valence-electron chi connectivity index (χ4n) is 0.835. The Morgan fingerprint density at radius 3 is 2.00 bits per heavy atom. The second-order valence-corrected chi connectivity index (χ2v) is 1.96. The summed E-state index contributed by atoms with van der Waals surface area (Å²) in [5, 5.41) is 1.33. The van der Waals surface area contributed by atoms with E-state index in [-0.39, 0.29) is 0 Å². The number of hydrogen-bond acceptors (Lipinski definition) is 3. The molecule has 1 aromatic carbocycles. The summed E-state index contributed by atoms with van der Waals surface area (Å²) in [5.41, 5.74) is 0.873. The maximum absolute atomic E-state index is 4.90. The van der Waals surface area contributed by atoms with Gasteiger partial charge in [0.05, 0.1) is 0 Å². The zero-order valence-corrected chi connectivity index (χ0v) is 6.65. The zero-order chi connectivity index (χ0) is 8.10. The topological polar surface area (TPSA) is 24.4 Å². The first kappa shape index (κ1) is 8.20. The number of hydrogen-bond donors (Lipinski definition) is 0. The van der Waals surface area contributed by atoms with Gasteiger partial charge in [0.1, 0.15) is 14.2 Å². The highest BCUT2D eigenvalue weighted by Gasteiger charge is 2.18. The quantitative estimate of drug-likeness (QED) is 0.616. The third-order valence-electron chi connectivity index (χ3n) is 1.30. The van der Waals surface area contributed by atoms with Crippen LogP contribution in [0.15, 0.2) is 30.3 Å². The predicted molar refractivity (Wildman–Crippen MR) is 42.3 cm³/mol. The van der Waals surface area contributed by atoms with Gasteiger partial charge >= 0.3 is 0 Å². The molecule has 0 N–H and O–H groups in total. The van der Waals surface area contributed by atoms with Crippen molar-refractivity contribution in [3.63, 3.8) is 0 Å². The number of anilines is 1. The van der Waals surface area contributed by atoms with Gasteiger partial charge in [-0.05, 0) is 0 Å². The molecule has 0 unspecified atom stereocenters. The van der Waals surface area contributed by atoms with Gasteiger partial charge in [-0.1, -0.05) is 18.2 Å². The van der Waals surface area contributed by atoms with Crippen molar-refractivity contribution in [1.82, 2.24) is 5.23 Å². The molecule has 59 valence electrons. The largest absolute Gasteiger partial charge is 0.264 e. The highest BCUT2D eigenvalue weighted by molar-refractivity contribution is 5.34. The molecule has 0 aliphatic rings. The summed E-state index contributed by atoms with van der Waals surface area (Å²) < 4.78 is 0. The van der Waals surface area contributed by atoms with Crippen LogP contribution in [0, 0.1) is 0 Å². The average molecular weight is 153 g/mol. The second-order valence-electron chi connectivity index (χ2n) is 1.96. The Bertz CT molecular complexity index is 197. The van der Waals surface area contributed by atoms with Crippen LogP contribution in [0.4, 0.5) is 5.69 Å². The second kappa shape index (κ2) is 4.08. The summed E-state index contributed by atoms with van der Waals surface area (Å²) in [7, 11) is 3.10. The molecule has 0 atom stereocenters. The number of rotatable bonds is 3. The fraction of sp³-hybridized carbons (Fsp3) is 0.250. The van der Waals surface area contributed by atoms with Gasteiger partial charge in [0.15, 0.2) is 0 Å². The van der Waals surface area contributed by atoms with Crippen molar-refractivity contribution in [3.05, 3.63) is 30.3 Å². The minimum absolute atomic E-state index is 0.873. The molecule has 0 fully saturated rings. The smallest absolute Gasteiger partial charge is 0.108 e. The van der Waals surface area contributed by atoms with Crippen LogP contribution in [0.1, 0.15) is 0 Å². The molecule has 0 amide bonds. The molecule has 1 aromatic rings. The summed E-state index contributed by atoms with van der Waals surface area (Å²) >= 11 is 0. The maximum Gasteiger partial charge on any atom is 0.264 e. The number of benzene rings is 1. The lowest BCUT2D eigenvalue weighted by Gasteiger charge is -1.98. The average Bonchev–Trinajstić information content (AvgIpc) is 2.09. The van der Waals surface area contributed by atoms with Crippen molar-refractivity contribution in [2.75, 3.05) is 14.2 Å². The summed E-state index contributed by atoms with van der Waals surface area (Å²) in [6.45, 7) is 0. The van der Waals surface area contributed by atoms with E-state index >= 15 is 0 Å². The SMILES string of the molecule is CO[N+](OC)c1ccccc1. The monoisotopic (exact) mass is 153 g/mol. The Kier molecular flexibility index (Phi) is 3.04. The van der Waals surface area contributed by atoms with Crippen LogP contribution in [-0.4, -0.2) is 14.2 Å². The summed E-state index contributed by atoms with van der Waals surface area (Å²) in [6.07, 6.45) is 0. The van der Waals surface area contributed by atoms with Gasteiger partial charge in [-0.15, -0.1) is 9.68 Å². The molecule has 1 rings (SSSR count). The Balaban J connectivity index is 2.74.